The Bertz CT molecular complexity index is 428. The summed E-state index contributed by atoms with van der Waals surface area (Å²) in [5.41, 5.74) is 2.47. The lowest BCUT2D eigenvalue weighted by Crippen LogP contribution is -2.24. The number of anilines is 1. The standard InChI is InChI=1S/C16H23N3/c1-2-6-12-19(11-5-1)16-9-8-14(13-18-16)15-7-3-4-10-17-15/h8-9,13H,1-7,10-12H2. The highest BCUT2D eigenvalue weighted by molar-refractivity contribution is 6.00. The van der Waals surface area contributed by atoms with E-state index >= 15 is 0 Å². The molecule has 19 heavy (non-hydrogen) atoms. The average Bonchev–Trinajstić information content (AvgIpc) is 2.77. The van der Waals surface area contributed by atoms with Crippen molar-refractivity contribution in [3.63, 3.8) is 0 Å². The molecule has 3 heterocycles. The molecular weight excluding hydrogens is 234 g/mol. The average molecular weight is 257 g/mol. The minimum atomic E-state index is 0.989. The fourth-order valence-electron chi connectivity index (χ4n) is 2.98. The minimum absolute atomic E-state index is 0.989. The fourth-order valence-corrected chi connectivity index (χ4v) is 2.98. The Morgan fingerprint density at radius 1 is 0.895 bits per heavy atom. The number of pyridine rings is 1. The first-order valence-corrected chi connectivity index (χ1v) is 7.68. The van der Waals surface area contributed by atoms with Crippen LogP contribution in [-0.4, -0.2) is 30.3 Å². The Kier molecular flexibility index (Phi) is 4.11. The maximum absolute atomic E-state index is 4.66. The largest absolute Gasteiger partial charge is 0.357 e. The van der Waals surface area contributed by atoms with Gasteiger partial charge in [-0.2, -0.15) is 0 Å². The molecule has 2 aliphatic heterocycles. The van der Waals surface area contributed by atoms with E-state index in [-0.39, 0.29) is 0 Å². The first-order chi connectivity index (χ1) is 9.43. The van der Waals surface area contributed by atoms with Crippen LogP contribution in [0.5, 0.6) is 0 Å². The molecule has 0 radical (unpaired) electrons. The van der Waals surface area contributed by atoms with Gasteiger partial charge in [-0.25, -0.2) is 4.98 Å². The van der Waals surface area contributed by atoms with Crippen molar-refractivity contribution >= 4 is 11.5 Å². The highest BCUT2D eigenvalue weighted by atomic mass is 15.2. The van der Waals surface area contributed by atoms with Crippen molar-refractivity contribution in [1.29, 1.82) is 0 Å². The summed E-state index contributed by atoms with van der Waals surface area (Å²) in [5.74, 6) is 1.14. The quantitative estimate of drug-likeness (QED) is 0.812. The molecule has 3 nitrogen and oxygen atoms in total. The third-order valence-electron chi connectivity index (χ3n) is 4.14. The van der Waals surface area contributed by atoms with Gasteiger partial charge >= 0.3 is 0 Å². The SMILES string of the molecule is c1cc(N2CCCCCC2)ncc1C1=NCCCC1. The molecule has 0 spiro atoms. The highest BCUT2D eigenvalue weighted by Gasteiger charge is 2.12. The van der Waals surface area contributed by atoms with Crippen LogP contribution in [0, 0.1) is 0 Å². The summed E-state index contributed by atoms with van der Waals surface area (Å²) in [6.45, 7) is 3.31. The van der Waals surface area contributed by atoms with Crippen molar-refractivity contribution in [3.05, 3.63) is 23.9 Å². The maximum Gasteiger partial charge on any atom is 0.128 e. The van der Waals surface area contributed by atoms with E-state index in [0.717, 1.165) is 31.9 Å². The summed E-state index contributed by atoms with van der Waals surface area (Å²) < 4.78 is 0. The predicted molar refractivity (Wildman–Crippen MR) is 80.2 cm³/mol. The van der Waals surface area contributed by atoms with Crippen molar-refractivity contribution in [2.45, 2.75) is 44.9 Å². The molecule has 0 saturated carbocycles. The summed E-state index contributed by atoms with van der Waals surface area (Å²) in [6, 6.07) is 4.38. The van der Waals surface area contributed by atoms with Gasteiger partial charge in [-0.15, -0.1) is 0 Å². The molecule has 3 heteroatoms. The third-order valence-corrected chi connectivity index (χ3v) is 4.14. The monoisotopic (exact) mass is 257 g/mol. The fraction of sp³-hybridized carbons (Fsp3) is 0.625. The van der Waals surface area contributed by atoms with Crippen LogP contribution in [0.3, 0.4) is 0 Å². The van der Waals surface area contributed by atoms with Crippen molar-refractivity contribution in [1.82, 2.24) is 4.98 Å². The van der Waals surface area contributed by atoms with Crippen LogP contribution < -0.4 is 4.90 Å². The van der Waals surface area contributed by atoms with Gasteiger partial charge < -0.3 is 4.90 Å². The summed E-state index contributed by atoms with van der Waals surface area (Å²) >= 11 is 0. The summed E-state index contributed by atoms with van der Waals surface area (Å²) in [5, 5.41) is 0. The third kappa shape index (κ3) is 3.14. The van der Waals surface area contributed by atoms with Crippen LogP contribution in [0.2, 0.25) is 0 Å². The van der Waals surface area contributed by atoms with Gasteiger partial charge in [0.2, 0.25) is 0 Å². The molecule has 2 aliphatic rings. The number of rotatable bonds is 2. The second kappa shape index (κ2) is 6.18. The second-order valence-electron chi connectivity index (χ2n) is 5.59. The van der Waals surface area contributed by atoms with Crippen LogP contribution in [-0.2, 0) is 0 Å². The summed E-state index contributed by atoms with van der Waals surface area (Å²) in [4.78, 5) is 11.7. The molecule has 1 aromatic heterocycles. The Morgan fingerprint density at radius 2 is 1.74 bits per heavy atom. The van der Waals surface area contributed by atoms with Crippen molar-refractivity contribution in [3.8, 4) is 0 Å². The summed E-state index contributed by atoms with van der Waals surface area (Å²) in [7, 11) is 0. The van der Waals surface area contributed by atoms with Gasteiger partial charge in [-0.1, -0.05) is 12.8 Å². The topological polar surface area (TPSA) is 28.5 Å². The molecule has 0 N–H and O–H groups in total. The molecular formula is C16H23N3. The van der Waals surface area contributed by atoms with Crippen molar-refractivity contribution < 1.29 is 0 Å². The molecule has 1 saturated heterocycles. The van der Waals surface area contributed by atoms with Crippen LogP contribution in [0.4, 0.5) is 5.82 Å². The zero-order valence-corrected chi connectivity index (χ0v) is 11.6. The normalized spacial score (nSPS) is 20.8. The van der Waals surface area contributed by atoms with Crippen LogP contribution in [0.25, 0.3) is 0 Å². The number of hydrogen-bond acceptors (Lipinski definition) is 3. The minimum Gasteiger partial charge on any atom is -0.357 e. The Hall–Kier alpha value is -1.38. The molecule has 0 atom stereocenters. The van der Waals surface area contributed by atoms with Gasteiger partial charge in [0.1, 0.15) is 5.82 Å². The van der Waals surface area contributed by atoms with E-state index in [9.17, 15) is 0 Å². The van der Waals surface area contributed by atoms with Gasteiger partial charge in [-0.05, 0) is 44.2 Å². The van der Waals surface area contributed by atoms with Gasteiger partial charge in [0.15, 0.2) is 0 Å². The number of aliphatic imine (C=N–C) groups is 1. The number of nitrogens with zero attached hydrogens (tertiary/aromatic N) is 3. The van der Waals surface area contributed by atoms with E-state index < -0.39 is 0 Å². The summed E-state index contributed by atoms with van der Waals surface area (Å²) in [6.07, 6.45) is 11.0. The molecule has 102 valence electrons. The van der Waals surface area contributed by atoms with E-state index in [4.69, 9.17) is 0 Å². The zero-order chi connectivity index (χ0) is 12.9. The van der Waals surface area contributed by atoms with E-state index in [1.807, 2.05) is 6.20 Å². The number of aromatic nitrogens is 1. The molecule has 0 aromatic carbocycles. The van der Waals surface area contributed by atoms with Crippen LogP contribution >= 0.6 is 0 Å². The zero-order valence-electron chi connectivity index (χ0n) is 11.6. The Morgan fingerprint density at radius 3 is 2.37 bits per heavy atom. The van der Waals surface area contributed by atoms with E-state index in [1.54, 1.807) is 0 Å². The maximum atomic E-state index is 4.66. The lowest BCUT2D eigenvalue weighted by Gasteiger charge is -2.21. The van der Waals surface area contributed by atoms with E-state index in [2.05, 4.69) is 27.0 Å². The second-order valence-corrected chi connectivity index (χ2v) is 5.59. The molecule has 3 rings (SSSR count). The predicted octanol–water partition coefficient (Wildman–Crippen LogP) is 3.44. The molecule has 1 aromatic rings. The van der Waals surface area contributed by atoms with Gasteiger partial charge in [0.05, 0.1) is 0 Å². The Labute approximate surface area is 115 Å². The van der Waals surface area contributed by atoms with Gasteiger partial charge in [0, 0.05) is 37.1 Å². The van der Waals surface area contributed by atoms with Crippen molar-refractivity contribution in [2.75, 3.05) is 24.5 Å². The molecule has 0 unspecified atom stereocenters. The Balaban J connectivity index is 1.72. The smallest absolute Gasteiger partial charge is 0.128 e. The van der Waals surface area contributed by atoms with Gasteiger partial charge in [0.25, 0.3) is 0 Å². The number of hydrogen-bond donors (Lipinski definition) is 0. The van der Waals surface area contributed by atoms with Crippen molar-refractivity contribution in [2.24, 2.45) is 4.99 Å². The molecule has 0 aliphatic carbocycles. The van der Waals surface area contributed by atoms with Gasteiger partial charge in [-0.3, -0.25) is 4.99 Å². The van der Waals surface area contributed by atoms with E-state index in [1.165, 1.54) is 49.8 Å². The van der Waals surface area contributed by atoms with Crippen LogP contribution in [0.15, 0.2) is 23.3 Å². The van der Waals surface area contributed by atoms with Crippen LogP contribution in [0.1, 0.15) is 50.5 Å². The van der Waals surface area contributed by atoms with E-state index in [0.29, 0.717) is 0 Å². The first-order valence-electron chi connectivity index (χ1n) is 7.68. The lowest BCUT2D eigenvalue weighted by atomic mass is 10.0. The first kappa shape index (κ1) is 12.6. The molecule has 0 amide bonds. The molecule has 1 fully saturated rings. The molecule has 0 bridgehead atoms. The lowest BCUT2D eigenvalue weighted by molar-refractivity contribution is 0.726. The highest BCUT2D eigenvalue weighted by Crippen LogP contribution is 2.19.